The molecule has 0 bridgehead atoms. The van der Waals surface area contributed by atoms with Crippen LogP contribution in [0.25, 0.3) is 0 Å². The van der Waals surface area contributed by atoms with E-state index in [1.807, 2.05) is 0 Å². The van der Waals surface area contributed by atoms with E-state index in [4.69, 9.17) is 0 Å². The van der Waals surface area contributed by atoms with Crippen molar-refractivity contribution < 1.29 is 4.58 Å². The van der Waals surface area contributed by atoms with E-state index in [0.717, 1.165) is 0 Å². The second-order valence-electron chi connectivity index (χ2n) is 8.84. The van der Waals surface area contributed by atoms with Gasteiger partial charge in [0.25, 0.3) is 0 Å². The minimum Gasteiger partial charge on any atom is -0.226 e. The zero-order chi connectivity index (χ0) is 19.3. The number of aryl methyl sites for hydroxylation is 6. The molecule has 2 aliphatic rings. The molecule has 142 valence electrons. The number of benzene rings is 2. The molecule has 27 heavy (non-hydrogen) atoms. The van der Waals surface area contributed by atoms with Crippen LogP contribution in [-0.2, 0) is 0 Å². The standard InChI is InChI=1S/C25H33N2/c1-16-11-18(3)24(19(4)12-16)26-15-27(23-10-8-7-9-22(23)26)25-20(5)13-17(2)14-21(25)6/h11-15,22-23H,7-10H2,1-6H3/q+1/t22-,23-/m1/s1. The van der Waals surface area contributed by atoms with Crippen molar-refractivity contribution in [1.29, 1.82) is 0 Å². The van der Waals surface area contributed by atoms with Gasteiger partial charge in [-0.3, -0.25) is 0 Å². The van der Waals surface area contributed by atoms with Gasteiger partial charge in [0.2, 0.25) is 6.34 Å². The van der Waals surface area contributed by atoms with Crippen molar-refractivity contribution >= 4 is 17.7 Å². The van der Waals surface area contributed by atoms with Crippen LogP contribution in [0.4, 0.5) is 11.4 Å². The summed E-state index contributed by atoms with van der Waals surface area (Å²) in [5, 5.41) is 0. The Balaban J connectivity index is 1.87. The van der Waals surface area contributed by atoms with Gasteiger partial charge in [0, 0.05) is 0 Å². The first-order valence-corrected chi connectivity index (χ1v) is 10.4. The molecule has 4 rings (SSSR count). The summed E-state index contributed by atoms with van der Waals surface area (Å²) in [4.78, 5) is 2.60. The lowest BCUT2D eigenvalue weighted by Gasteiger charge is -2.29. The number of hydrogen-bond acceptors (Lipinski definition) is 1. The highest BCUT2D eigenvalue weighted by Crippen LogP contribution is 2.39. The quantitative estimate of drug-likeness (QED) is 0.591. The van der Waals surface area contributed by atoms with Crippen LogP contribution in [0.2, 0.25) is 0 Å². The predicted octanol–water partition coefficient (Wildman–Crippen LogP) is 6.04. The Morgan fingerprint density at radius 2 is 1.26 bits per heavy atom. The lowest BCUT2D eigenvalue weighted by atomic mass is 9.88. The van der Waals surface area contributed by atoms with E-state index in [0.29, 0.717) is 12.1 Å². The summed E-state index contributed by atoms with van der Waals surface area (Å²) in [6, 6.07) is 10.5. The van der Waals surface area contributed by atoms with Crippen molar-refractivity contribution in [1.82, 2.24) is 0 Å². The monoisotopic (exact) mass is 361 g/mol. The van der Waals surface area contributed by atoms with Crippen molar-refractivity contribution in [2.75, 3.05) is 4.90 Å². The van der Waals surface area contributed by atoms with E-state index >= 15 is 0 Å². The van der Waals surface area contributed by atoms with Crippen LogP contribution >= 0.6 is 0 Å². The van der Waals surface area contributed by atoms with Crippen LogP contribution in [0.3, 0.4) is 0 Å². The number of anilines is 1. The largest absolute Gasteiger partial charge is 0.245 e. The third-order valence-corrected chi connectivity index (χ3v) is 6.44. The van der Waals surface area contributed by atoms with E-state index in [1.165, 1.54) is 70.4 Å². The van der Waals surface area contributed by atoms with E-state index in [1.54, 1.807) is 0 Å². The average Bonchev–Trinajstić information content (AvgIpc) is 2.93. The molecule has 2 nitrogen and oxygen atoms in total. The summed E-state index contributed by atoms with van der Waals surface area (Å²) in [5.41, 5.74) is 11.1. The van der Waals surface area contributed by atoms with Gasteiger partial charge < -0.3 is 0 Å². The fourth-order valence-electron chi connectivity index (χ4n) is 5.65. The van der Waals surface area contributed by atoms with Gasteiger partial charge in [0.05, 0.1) is 0 Å². The zero-order valence-corrected chi connectivity index (χ0v) is 17.8. The van der Waals surface area contributed by atoms with Gasteiger partial charge in [0.15, 0.2) is 0 Å². The molecule has 0 radical (unpaired) electrons. The molecule has 1 saturated carbocycles. The topological polar surface area (TPSA) is 6.25 Å². The molecule has 1 heterocycles. The van der Waals surface area contributed by atoms with Crippen molar-refractivity contribution in [2.45, 2.75) is 79.3 Å². The molecule has 0 saturated heterocycles. The first-order valence-electron chi connectivity index (χ1n) is 10.4. The summed E-state index contributed by atoms with van der Waals surface area (Å²) in [6.45, 7) is 13.5. The van der Waals surface area contributed by atoms with Gasteiger partial charge >= 0.3 is 0 Å². The van der Waals surface area contributed by atoms with Crippen molar-refractivity contribution in [2.24, 2.45) is 0 Å². The zero-order valence-electron chi connectivity index (χ0n) is 17.8. The van der Waals surface area contributed by atoms with Gasteiger partial charge in [-0.15, -0.1) is 0 Å². The van der Waals surface area contributed by atoms with E-state index in [2.05, 4.69) is 81.6 Å². The third kappa shape index (κ3) is 3.09. The molecule has 0 N–H and O–H groups in total. The van der Waals surface area contributed by atoms with E-state index in [9.17, 15) is 0 Å². The minimum atomic E-state index is 0.582. The Labute approximate surface area is 164 Å². The summed E-state index contributed by atoms with van der Waals surface area (Å²) < 4.78 is 2.60. The average molecular weight is 362 g/mol. The number of hydrogen-bond donors (Lipinski definition) is 0. The maximum Gasteiger partial charge on any atom is 0.245 e. The highest BCUT2D eigenvalue weighted by atomic mass is 15.3. The van der Waals surface area contributed by atoms with Crippen LogP contribution in [0.5, 0.6) is 0 Å². The Bertz CT molecular complexity index is 876. The first-order chi connectivity index (χ1) is 12.9. The molecule has 2 aromatic rings. The molecule has 0 aromatic heterocycles. The lowest BCUT2D eigenvalue weighted by molar-refractivity contribution is -0.478. The molecule has 0 spiro atoms. The first kappa shape index (κ1) is 18.3. The predicted molar refractivity (Wildman–Crippen MR) is 116 cm³/mol. The van der Waals surface area contributed by atoms with Gasteiger partial charge in [-0.2, -0.15) is 0 Å². The van der Waals surface area contributed by atoms with E-state index < -0.39 is 0 Å². The van der Waals surface area contributed by atoms with Gasteiger partial charge in [-0.05, 0) is 89.5 Å². The molecule has 1 aliphatic carbocycles. The Hall–Kier alpha value is -2.09. The molecule has 2 atom stereocenters. The molecular formula is C25H33N2+. The minimum absolute atomic E-state index is 0.582. The molecular weight excluding hydrogens is 328 g/mol. The van der Waals surface area contributed by atoms with Crippen LogP contribution in [-0.4, -0.2) is 23.0 Å². The highest BCUT2D eigenvalue weighted by molar-refractivity contribution is 5.83. The van der Waals surface area contributed by atoms with Gasteiger partial charge in [-0.25, -0.2) is 9.48 Å². The summed E-state index contributed by atoms with van der Waals surface area (Å²) in [6.07, 6.45) is 7.68. The van der Waals surface area contributed by atoms with Crippen molar-refractivity contribution in [3.05, 3.63) is 57.6 Å². The molecule has 2 heteroatoms. The second kappa shape index (κ2) is 6.82. The summed E-state index contributed by atoms with van der Waals surface area (Å²) >= 11 is 0. The van der Waals surface area contributed by atoms with Crippen molar-refractivity contribution in [3.8, 4) is 0 Å². The molecule has 1 aliphatic heterocycles. The smallest absolute Gasteiger partial charge is 0.226 e. The normalized spacial score (nSPS) is 22.0. The van der Waals surface area contributed by atoms with E-state index in [-0.39, 0.29) is 0 Å². The van der Waals surface area contributed by atoms with Crippen LogP contribution in [0, 0.1) is 41.5 Å². The second-order valence-corrected chi connectivity index (χ2v) is 8.84. The highest BCUT2D eigenvalue weighted by Gasteiger charge is 2.46. The molecule has 2 aromatic carbocycles. The number of nitrogens with zero attached hydrogens (tertiary/aromatic N) is 2. The van der Waals surface area contributed by atoms with Crippen LogP contribution in [0.1, 0.15) is 59.1 Å². The molecule has 1 fully saturated rings. The fraction of sp³-hybridized carbons (Fsp3) is 0.480. The lowest BCUT2D eigenvalue weighted by Crippen LogP contribution is -2.41. The third-order valence-electron chi connectivity index (χ3n) is 6.44. The Kier molecular flexibility index (Phi) is 4.61. The van der Waals surface area contributed by atoms with Crippen LogP contribution < -0.4 is 4.90 Å². The number of fused-ring (bicyclic) bond motifs is 1. The SMILES string of the molecule is Cc1cc(C)c(N2C=[N+](c3c(C)cc(C)cc3C)[C@@H]3CCCC[C@H]32)c(C)c1. The summed E-state index contributed by atoms with van der Waals surface area (Å²) in [7, 11) is 0. The maximum atomic E-state index is 2.60. The van der Waals surface area contributed by atoms with Gasteiger partial charge in [-0.1, -0.05) is 35.4 Å². The fourth-order valence-corrected chi connectivity index (χ4v) is 5.65. The maximum absolute atomic E-state index is 2.60. The Morgan fingerprint density at radius 1 is 0.741 bits per heavy atom. The number of rotatable bonds is 2. The van der Waals surface area contributed by atoms with Crippen LogP contribution in [0.15, 0.2) is 24.3 Å². The molecule has 0 unspecified atom stereocenters. The Morgan fingerprint density at radius 3 is 1.85 bits per heavy atom. The van der Waals surface area contributed by atoms with Crippen molar-refractivity contribution in [3.63, 3.8) is 0 Å². The van der Waals surface area contributed by atoms with Gasteiger partial charge in [0.1, 0.15) is 23.5 Å². The summed E-state index contributed by atoms with van der Waals surface area (Å²) in [5.74, 6) is 0. The molecule has 0 amide bonds.